The number of hydrogen-bond acceptors (Lipinski definition) is 6. The summed E-state index contributed by atoms with van der Waals surface area (Å²) in [6.45, 7) is 7.92. The van der Waals surface area contributed by atoms with Crippen LogP contribution >= 0.6 is 0 Å². The van der Waals surface area contributed by atoms with E-state index in [0.717, 1.165) is 18.7 Å². The lowest BCUT2D eigenvalue weighted by molar-refractivity contribution is -0.0405. The van der Waals surface area contributed by atoms with E-state index in [2.05, 4.69) is 23.9 Å². The fraction of sp³-hybridized carbons (Fsp3) is 0.421. The van der Waals surface area contributed by atoms with Gasteiger partial charge in [-0.3, -0.25) is 4.90 Å². The minimum absolute atomic E-state index is 0.149. The van der Waals surface area contributed by atoms with E-state index in [1.807, 2.05) is 37.3 Å². The summed E-state index contributed by atoms with van der Waals surface area (Å²) in [5.41, 5.74) is 1.34. The Kier molecular flexibility index (Phi) is 6.89. The molecule has 1 aromatic carbocycles. The average Bonchev–Trinajstić information content (AvgIpc) is 3.17. The zero-order valence-corrected chi connectivity index (χ0v) is 15.5. The number of ether oxygens (including phenoxy) is 2. The summed E-state index contributed by atoms with van der Waals surface area (Å²) in [5, 5.41) is 4.38. The van der Waals surface area contributed by atoms with Crippen LogP contribution in [0.25, 0.3) is 0 Å². The van der Waals surface area contributed by atoms with Gasteiger partial charge in [0.15, 0.2) is 17.7 Å². The van der Waals surface area contributed by atoms with Crippen molar-refractivity contribution < 1.29 is 18.7 Å². The Balaban J connectivity index is 2.39. The molecule has 0 aliphatic carbocycles. The Labute approximate surface area is 149 Å². The molecular formula is C19H26N2O4. The number of furan rings is 1. The molecule has 6 nitrogen and oxygen atoms in total. The van der Waals surface area contributed by atoms with E-state index in [1.54, 1.807) is 20.5 Å². The maximum atomic E-state index is 5.75. The number of hydrogen-bond donors (Lipinski definition) is 0. The molecule has 0 amide bonds. The smallest absolute Gasteiger partial charge is 0.178 e. The average molecular weight is 346 g/mol. The van der Waals surface area contributed by atoms with Crippen LogP contribution in [-0.2, 0) is 4.84 Å². The van der Waals surface area contributed by atoms with Gasteiger partial charge in [-0.15, -0.1) is 0 Å². The van der Waals surface area contributed by atoms with Gasteiger partial charge in [-0.25, -0.2) is 0 Å². The third-order valence-electron chi connectivity index (χ3n) is 4.04. The quantitative estimate of drug-likeness (QED) is 0.393. The summed E-state index contributed by atoms with van der Waals surface area (Å²) in [4.78, 5) is 7.91. The summed E-state index contributed by atoms with van der Waals surface area (Å²) in [5.74, 6) is 1.95. The molecule has 1 unspecified atom stereocenters. The van der Waals surface area contributed by atoms with E-state index in [0.29, 0.717) is 23.0 Å². The maximum Gasteiger partial charge on any atom is 0.178 e. The van der Waals surface area contributed by atoms with E-state index < -0.39 is 0 Å². The molecule has 0 radical (unpaired) electrons. The molecule has 2 aromatic rings. The Morgan fingerprint density at radius 3 is 2.48 bits per heavy atom. The number of nitrogens with zero attached hydrogens (tertiary/aromatic N) is 2. The molecule has 6 heteroatoms. The zero-order valence-electron chi connectivity index (χ0n) is 15.5. The summed E-state index contributed by atoms with van der Waals surface area (Å²) in [6, 6.07) is 9.19. The minimum atomic E-state index is -0.149. The van der Waals surface area contributed by atoms with Crippen LogP contribution in [0.5, 0.6) is 11.5 Å². The van der Waals surface area contributed by atoms with Gasteiger partial charge in [0.25, 0.3) is 0 Å². The SMILES string of the molecule is CCN(CC)C(C)ON=C(c1ccco1)c1ccc(OC)cc1OC. The number of oxime groups is 1. The molecule has 0 aliphatic heterocycles. The van der Waals surface area contributed by atoms with Gasteiger partial charge in [-0.2, -0.15) is 0 Å². The van der Waals surface area contributed by atoms with Crippen molar-refractivity contribution in [1.82, 2.24) is 4.90 Å². The Hall–Kier alpha value is -2.47. The number of rotatable bonds is 9. The summed E-state index contributed by atoms with van der Waals surface area (Å²) >= 11 is 0. The molecule has 1 aromatic heterocycles. The van der Waals surface area contributed by atoms with Gasteiger partial charge in [-0.05, 0) is 44.3 Å². The Bertz CT molecular complexity index is 679. The molecule has 25 heavy (non-hydrogen) atoms. The van der Waals surface area contributed by atoms with Crippen molar-refractivity contribution in [2.24, 2.45) is 5.16 Å². The van der Waals surface area contributed by atoms with Gasteiger partial charge in [0.2, 0.25) is 0 Å². The van der Waals surface area contributed by atoms with Gasteiger partial charge in [0.1, 0.15) is 11.5 Å². The first-order valence-corrected chi connectivity index (χ1v) is 8.38. The van der Waals surface area contributed by atoms with Crippen molar-refractivity contribution in [2.75, 3.05) is 27.3 Å². The summed E-state index contributed by atoms with van der Waals surface area (Å²) < 4.78 is 16.3. The first-order chi connectivity index (χ1) is 12.1. The Morgan fingerprint density at radius 1 is 1.16 bits per heavy atom. The molecule has 1 atom stereocenters. The molecule has 0 N–H and O–H groups in total. The third-order valence-corrected chi connectivity index (χ3v) is 4.04. The van der Waals surface area contributed by atoms with Gasteiger partial charge in [-0.1, -0.05) is 19.0 Å². The predicted molar refractivity (Wildman–Crippen MR) is 97.4 cm³/mol. The predicted octanol–water partition coefficient (Wildman–Crippen LogP) is 3.75. The lowest BCUT2D eigenvalue weighted by Crippen LogP contribution is -2.33. The van der Waals surface area contributed by atoms with Crippen molar-refractivity contribution >= 4 is 5.71 Å². The molecule has 0 fully saturated rings. The van der Waals surface area contributed by atoms with E-state index in [1.165, 1.54) is 0 Å². The molecule has 2 rings (SSSR count). The lowest BCUT2D eigenvalue weighted by Gasteiger charge is -2.24. The normalized spacial score (nSPS) is 13.0. The molecule has 0 saturated heterocycles. The monoisotopic (exact) mass is 346 g/mol. The van der Waals surface area contributed by atoms with Crippen LogP contribution in [0.1, 0.15) is 32.1 Å². The molecular weight excluding hydrogens is 320 g/mol. The number of benzene rings is 1. The largest absolute Gasteiger partial charge is 0.497 e. The van der Waals surface area contributed by atoms with Crippen LogP contribution in [0.4, 0.5) is 0 Å². The molecule has 0 aliphatic rings. The number of methoxy groups -OCH3 is 2. The molecule has 0 spiro atoms. The molecule has 136 valence electrons. The standard InChI is InChI=1S/C19H26N2O4/c1-6-21(7-2)14(3)25-20-19(17-9-8-12-24-17)16-11-10-15(22-4)13-18(16)23-5/h8-14H,6-7H2,1-5H3. The first-order valence-electron chi connectivity index (χ1n) is 8.38. The van der Waals surface area contributed by atoms with E-state index in [-0.39, 0.29) is 6.23 Å². The second-order valence-electron chi connectivity index (χ2n) is 5.41. The van der Waals surface area contributed by atoms with Gasteiger partial charge < -0.3 is 18.7 Å². The van der Waals surface area contributed by atoms with Crippen LogP contribution in [0.2, 0.25) is 0 Å². The maximum absolute atomic E-state index is 5.75. The van der Waals surface area contributed by atoms with Crippen molar-refractivity contribution in [1.29, 1.82) is 0 Å². The lowest BCUT2D eigenvalue weighted by atomic mass is 10.1. The van der Waals surface area contributed by atoms with E-state index in [9.17, 15) is 0 Å². The summed E-state index contributed by atoms with van der Waals surface area (Å²) in [7, 11) is 3.22. The van der Waals surface area contributed by atoms with Gasteiger partial charge in [0.05, 0.1) is 20.5 Å². The van der Waals surface area contributed by atoms with Crippen LogP contribution in [0, 0.1) is 0 Å². The van der Waals surface area contributed by atoms with Gasteiger partial charge in [0, 0.05) is 11.6 Å². The first kappa shape index (κ1) is 18.9. The molecule has 1 heterocycles. The second kappa shape index (κ2) is 9.13. The second-order valence-corrected chi connectivity index (χ2v) is 5.41. The topological polar surface area (TPSA) is 56.4 Å². The minimum Gasteiger partial charge on any atom is -0.497 e. The van der Waals surface area contributed by atoms with Crippen molar-refractivity contribution in [2.45, 2.75) is 27.0 Å². The Morgan fingerprint density at radius 2 is 1.92 bits per heavy atom. The molecule has 0 saturated carbocycles. The van der Waals surface area contributed by atoms with E-state index in [4.69, 9.17) is 18.7 Å². The third kappa shape index (κ3) is 4.54. The summed E-state index contributed by atoms with van der Waals surface area (Å²) in [6.07, 6.45) is 1.46. The van der Waals surface area contributed by atoms with Crippen molar-refractivity contribution in [3.05, 3.63) is 47.9 Å². The molecule has 0 bridgehead atoms. The fourth-order valence-electron chi connectivity index (χ4n) is 2.57. The fourth-order valence-corrected chi connectivity index (χ4v) is 2.57. The zero-order chi connectivity index (χ0) is 18.2. The highest BCUT2D eigenvalue weighted by atomic mass is 16.6. The highest BCUT2D eigenvalue weighted by molar-refractivity contribution is 6.12. The van der Waals surface area contributed by atoms with Crippen LogP contribution < -0.4 is 9.47 Å². The van der Waals surface area contributed by atoms with E-state index >= 15 is 0 Å². The highest BCUT2D eigenvalue weighted by Gasteiger charge is 2.18. The van der Waals surface area contributed by atoms with Crippen LogP contribution in [0.15, 0.2) is 46.2 Å². The van der Waals surface area contributed by atoms with Crippen LogP contribution in [-0.4, -0.2) is 44.1 Å². The highest BCUT2D eigenvalue weighted by Crippen LogP contribution is 2.27. The van der Waals surface area contributed by atoms with Crippen molar-refractivity contribution in [3.63, 3.8) is 0 Å². The van der Waals surface area contributed by atoms with Crippen molar-refractivity contribution in [3.8, 4) is 11.5 Å². The van der Waals surface area contributed by atoms with Crippen LogP contribution in [0.3, 0.4) is 0 Å². The van der Waals surface area contributed by atoms with Gasteiger partial charge >= 0.3 is 0 Å².